The zero-order valence-corrected chi connectivity index (χ0v) is 11.8. The maximum atomic E-state index is 5.91. The fourth-order valence-electron chi connectivity index (χ4n) is 2.64. The molecule has 1 aromatic carbocycles. The summed E-state index contributed by atoms with van der Waals surface area (Å²) in [4.78, 5) is 0. The molecule has 0 radical (unpaired) electrons. The van der Waals surface area contributed by atoms with Crippen molar-refractivity contribution in [3.63, 3.8) is 0 Å². The minimum atomic E-state index is 0.424. The van der Waals surface area contributed by atoms with Gasteiger partial charge in [-0.3, -0.25) is 0 Å². The van der Waals surface area contributed by atoms with Crippen LogP contribution in [-0.2, 0) is 11.3 Å². The molecular formula is C16H21N3O. The summed E-state index contributed by atoms with van der Waals surface area (Å²) in [5.74, 6) is 0.789. The highest BCUT2D eigenvalue weighted by Gasteiger charge is 2.29. The van der Waals surface area contributed by atoms with Gasteiger partial charge in [0.1, 0.15) is 0 Å². The summed E-state index contributed by atoms with van der Waals surface area (Å²) >= 11 is 0. The molecule has 0 unspecified atom stereocenters. The molecule has 0 amide bonds. The van der Waals surface area contributed by atoms with Crippen LogP contribution in [0.25, 0.3) is 5.69 Å². The van der Waals surface area contributed by atoms with Gasteiger partial charge < -0.3 is 10.1 Å². The van der Waals surface area contributed by atoms with Crippen molar-refractivity contribution < 1.29 is 4.74 Å². The first-order valence-corrected chi connectivity index (χ1v) is 7.20. The summed E-state index contributed by atoms with van der Waals surface area (Å²) in [6.45, 7) is 1.76. The predicted molar refractivity (Wildman–Crippen MR) is 78.8 cm³/mol. The fraction of sp³-hybridized carbons (Fsp3) is 0.438. The van der Waals surface area contributed by atoms with Gasteiger partial charge in [0.05, 0.1) is 24.6 Å². The van der Waals surface area contributed by atoms with Crippen molar-refractivity contribution in [2.45, 2.75) is 25.6 Å². The third-order valence-corrected chi connectivity index (χ3v) is 3.83. The van der Waals surface area contributed by atoms with E-state index in [1.165, 1.54) is 12.8 Å². The number of hydrogen-bond acceptors (Lipinski definition) is 3. The Labute approximate surface area is 119 Å². The van der Waals surface area contributed by atoms with Crippen LogP contribution in [0.1, 0.15) is 18.4 Å². The normalized spacial score (nSPS) is 21.6. The molecule has 1 aliphatic carbocycles. The molecule has 1 aromatic heterocycles. The number of aromatic nitrogens is 2. The summed E-state index contributed by atoms with van der Waals surface area (Å²) in [6, 6.07) is 10.1. The van der Waals surface area contributed by atoms with Crippen molar-refractivity contribution in [1.82, 2.24) is 15.1 Å². The number of para-hydroxylation sites is 1. The van der Waals surface area contributed by atoms with Gasteiger partial charge in [-0.2, -0.15) is 5.10 Å². The molecule has 1 N–H and O–H groups in total. The summed E-state index contributed by atoms with van der Waals surface area (Å²) in [6.07, 6.45) is 6.70. The maximum absolute atomic E-state index is 5.91. The summed E-state index contributed by atoms with van der Waals surface area (Å²) in [7, 11) is 2.01. The Morgan fingerprint density at radius 3 is 2.85 bits per heavy atom. The van der Waals surface area contributed by atoms with E-state index in [-0.39, 0.29) is 0 Å². The molecule has 20 heavy (non-hydrogen) atoms. The van der Waals surface area contributed by atoms with E-state index < -0.39 is 0 Å². The monoisotopic (exact) mass is 271 g/mol. The van der Waals surface area contributed by atoms with Gasteiger partial charge in [0, 0.05) is 11.8 Å². The van der Waals surface area contributed by atoms with Crippen LogP contribution in [0.4, 0.5) is 0 Å². The third-order valence-electron chi connectivity index (χ3n) is 3.83. The minimum absolute atomic E-state index is 0.424. The molecule has 0 bridgehead atoms. The number of nitrogens with zero attached hydrogens (tertiary/aromatic N) is 2. The molecule has 106 valence electrons. The second-order valence-electron chi connectivity index (χ2n) is 5.46. The Balaban J connectivity index is 1.49. The van der Waals surface area contributed by atoms with E-state index >= 15 is 0 Å². The summed E-state index contributed by atoms with van der Waals surface area (Å²) < 4.78 is 7.80. The zero-order chi connectivity index (χ0) is 13.8. The number of ether oxygens (including phenoxy) is 1. The van der Waals surface area contributed by atoms with Crippen LogP contribution in [0.2, 0.25) is 0 Å². The van der Waals surface area contributed by atoms with Crippen molar-refractivity contribution in [3.8, 4) is 5.69 Å². The number of benzene rings is 1. The van der Waals surface area contributed by atoms with Gasteiger partial charge in [-0.1, -0.05) is 18.2 Å². The second-order valence-corrected chi connectivity index (χ2v) is 5.46. The van der Waals surface area contributed by atoms with Crippen LogP contribution in [0.3, 0.4) is 0 Å². The van der Waals surface area contributed by atoms with Crippen molar-refractivity contribution in [3.05, 3.63) is 48.3 Å². The lowest BCUT2D eigenvalue weighted by Crippen LogP contribution is -2.36. The molecule has 1 fully saturated rings. The van der Waals surface area contributed by atoms with Gasteiger partial charge >= 0.3 is 0 Å². The molecule has 0 aliphatic heterocycles. The standard InChI is InChI=1S/C16H21N3O/c1-17-9-13-7-16(8-13)20-12-14-10-18-19(11-14)15-5-3-2-4-6-15/h2-6,10-11,13,16-17H,7-9,12H2,1H3. The Bertz CT molecular complexity index is 532. The highest BCUT2D eigenvalue weighted by atomic mass is 16.5. The highest BCUT2D eigenvalue weighted by molar-refractivity contribution is 5.30. The van der Waals surface area contributed by atoms with E-state index in [9.17, 15) is 0 Å². The Morgan fingerprint density at radius 1 is 1.30 bits per heavy atom. The number of hydrogen-bond donors (Lipinski definition) is 1. The van der Waals surface area contributed by atoms with Gasteiger partial charge in [-0.25, -0.2) is 4.68 Å². The average Bonchev–Trinajstić information content (AvgIpc) is 2.91. The van der Waals surface area contributed by atoms with E-state index in [0.29, 0.717) is 12.7 Å². The molecule has 0 saturated heterocycles. The van der Waals surface area contributed by atoms with E-state index in [2.05, 4.69) is 10.4 Å². The van der Waals surface area contributed by atoms with Gasteiger partial charge in [-0.15, -0.1) is 0 Å². The smallest absolute Gasteiger partial charge is 0.0751 e. The summed E-state index contributed by atoms with van der Waals surface area (Å²) in [5, 5.41) is 7.60. The zero-order valence-electron chi connectivity index (χ0n) is 11.8. The first-order valence-electron chi connectivity index (χ1n) is 7.20. The quantitative estimate of drug-likeness (QED) is 0.877. The topological polar surface area (TPSA) is 39.1 Å². The van der Waals surface area contributed by atoms with Crippen LogP contribution < -0.4 is 5.32 Å². The average molecular weight is 271 g/mol. The van der Waals surface area contributed by atoms with Crippen molar-refractivity contribution in [2.24, 2.45) is 5.92 Å². The largest absolute Gasteiger partial charge is 0.373 e. The fourth-order valence-corrected chi connectivity index (χ4v) is 2.64. The number of nitrogens with one attached hydrogen (secondary N) is 1. The second kappa shape index (κ2) is 6.20. The van der Waals surface area contributed by atoms with E-state index in [4.69, 9.17) is 4.74 Å². The molecule has 1 heterocycles. The first kappa shape index (κ1) is 13.3. The first-order chi connectivity index (χ1) is 9.85. The van der Waals surface area contributed by atoms with Gasteiger partial charge in [0.15, 0.2) is 0 Å². The molecule has 4 heteroatoms. The van der Waals surface area contributed by atoms with E-state index in [0.717, 1.165) is 23.7 Å². The molecular weight excluding hydrogens is 250 g/mol. The lowest BCUT2D eigenvalue weighted by molar-refractivity contribution is -0.0391. The highest BCUT2D eigenvalue weighted by Crippen LogP contribution is 2.30. The van der Waals surface area contributed by atoms with Crippen LogP contribution in [0, 0.1) is 5.92 Å². The molecule has 0 spiro atoms. The van der Waals surface area contributed by atoms with Crippen LogP contribution >= 0.6 is 0 Å². The van der Waals surface area contributed by atoms with E-state index in [1.54, 1.807) is 0 Å². The van der Waals surface area contributed by atoms with Crippen LogP contribution in [0.5, 0.6) is 0 Å². The third kappa shape index (κ3) is 3.08. The Hall–Kier alpha value is -1.65. The molecule has 4 nitrogen and oxygen atoms in total. The van der Waals surface area contributed by atoms with Crippen LogP contribution in [-0.4, -0.2) is 29.5 Å². The van der Waals surface area contributed by atoms with Crippen molar-refractivity contribution in [1.29, 1.82) is 0 Å². The molecule has 0 atom stereocenters. The molecule has 3 rings (SSSR count). The molecule has 1 saturated carbocycles. The number of rotatable bonds is 6. The Kier molecular flexibility index (Phi) is 4.14. The predicted octanol–water partition coefficient (Wildman–Crippen LogP) is 2.39. The Morgan fingerprint density at radius 2 is 2.10 bits per heavy atom. The van der Waals surface area contributed by atoms with E-state index in [1.807, 2.05) is 54.5 Å². The molecule has 2 aromatic rings. The van der Waals surface area contributed by atoms with Gasteiger partial charge in [-0.05, 0) is 44.5 Å². The van der Waals surface area contributed by atoms with Crippen LogP contribution in [0.15, 0.2) is 42.7 Å². The lowest BCUT2D eigenvalue weighted by Gasteiger charge is -2.34. The summed E-state index contributed by atoms with van der Waals surface area (Å²) in [5.41, 5.74) is 2.21. The lowest BCUT2D eigenvalue weighted by atomic mass is 9.82. The minimum Gasteiger partial charge on any atom is -0.373 e. The van der Waals surface area contributed by atoms with Gasteiger partial charge in [0.2, 0.25) is 0 Å². The van der Waals surface area contributed by atoms with Gasteiger partial charge in [0.25, 0.3) is 0 Å². The maximum Gasteiger partial charge on any atom is 0.0751 e. The molecule has 1 aliphatic rings. The van der Waals surface area contributed by atoms with Crippen molar-refractivity contribution >= 4 is 0 Å². The SMILES string of the molecule is CNCC1CC(OCc2cnn(-c3ccccc3)c2)C1. The van der Waals surface area contributed by atoms with Crippen molar-refractivity contribution in [2.75, 3.05) is 13.6 Å².